The SMILES string of the molecule is O=C(O)C(F)C=CF. The molecule has 0 fully saturated rings. The highest BCUT2D eigenvalue weighted by molar-refractivity contribution is 5.74. The van der Waals surface area contributed by atoms with Gasteiger partial charge in [-0.05, 0) is 6.08 Å². The molecule has 0 aliphatic heterocycles. The lowest BCUT2D eigenvalue weighted by Crippen LogP contribution is -2.10. The van der Waals surface area contributed by atoms with E-state index in [9.17, 15) is 13.6 Å². The van der Waals surface area contributed by atoms with E-state index in [1.165, 1.54) is 0 Å². The van der Waals surface area contributed by atoms with Crippen molar-refractivity contribution >= 4 is 5.97 Å². The van der Waals surface area contributed by atoms with Gasteiger partial charge in [0.1, 0.15) is 0 Å². The Labute approximate surface area is 44.4 Å². The molecular formula is C4H4F2O2. The van der Waals surface area contributed by atoms with Crippen molar-refractivity contribution in [2.45, 2.75) is 6.17 Å². The topological polar surface area (TPSA) is 37.3 Å². The van der Waals surface area contributed by atoms with E-state index in [-0.39, 0.29) is 6.33 Å². The Kier molecular flexibility index (Phi) is 2.76. The van der Waals surface area contributed by atoms with Crippen molar-refractivity contribution in [1.29, 1.82) is 0 Å². The smallest absolute Gasteiger partial charge is 0.342 e. The molecule has 2 nitrogen and oxygen atoms in total. The lowest BCUT2D eigenvalue weighted by atomic mass is 10.4. The molecule has 1 N–H and O–H groups in total. The largest absolute Gasteiger partial charge is 0.479 e. The third-order valence-corrected chi connectivity index (χ3v) is 0.478. The monoisotopic (exact) mass is 122 g/mol. The van der Waals surface area contributed by atoms with E-state index in [0.29, 0.717) is 6.08 Å². The van der Waals surface area contributed by atoms with E-state index >= 15 is 0 Å². The second-order valence-corrected chi connectivity index (χ2v) is 1.06. The number of hydrogen-bond acceptors (Lipinski definition) is 1. The van der Waals surface area contributed by atoms with E-state index in [2.05, 4.69) is 0 Å². The summed E-state index contributed by atoms with van der Waals surface area (Å²) in [5, 5.41) is 7.72. The first-order valence-corrected chi connectivity index (χ1v) is 1.82. The number of hydrogen-bond donors (Lipinski definition) is 1. The summed E-state index contributed by atoms with van der Waals surface area (Å²) in [4.78, 5) is 9.50. The molecule has 0 aliphatic carbocycles. The fourth-order valence-electron chi connectivity index (χ4n) is 0.146. The maximum atomic E-state index is 11.6. The molecule has 8 heavy (non-hydrogen) atoms. The van der Waals surface area contributed by atoms with Gasteiger partial charge < -0.3 is 5.11 Å². The van der Waals surface area contributed by atoms with E-state index in [1.807, 2.05) is 0 Å². The Morgan fingerprint density at radius 2 is 2.25 bits per heavy atom. The van der Waals surface area contributed by atoms with Crippen LogP contribution in [0.3, 0.4) is 0 Å². The molecule has 1 unspecified atom stereocenters. The van der Waals surface area contributed by atoms with E-state index in [1.54, 1.807) is 0 Å². The zero-order valence-electron chi connectivity index (χ0n) is 3.84. The van der Waals surface area contributed by atoms with Crippen molar-refractivity contribution in [3.63, 3.8) is 0 Å². The fraction of sp³-hybridized carbons (Fsp3) is 0.250. The van der Waals surface area contributed by atoms with Gasteiger partial charge in [-0.15, -0.1) is 0 Å². The summed E-state index contributed by atoms with van der Waals surface area (Å²) in [6, 6.07) is 0. The molecule has 46 valence electrons. The average molecular weight is 122 g/mol. The second-order valence-electron chi connectivity index (χ2n) is 1.06. The quantitative estimate of drug-likeness (QED) is 0.590. The number of halogens is 2. The van der Waals surface area contributed by atoms with E-state index in [4.69, 9.17) is 5.11 Å². The van der Waals surface area contributed by atoms with Crippen molar-refractivity contribution < 1.29 is 18.7 Å². The summed E-state index contributed by atoms with van der Waals surface area (Å²) >= 11 is 0. The highest BCUT2D eigenvalue weighted by atomic mass is 19.1. The zero-order chi connectivity index (χ0) is 6.57. The first kappa shape index (κ1) is 7.07. The van der Waals surface area contributed by atoms with Crippen LogP contribution in [0.15, 0.2) is 12.4 Å². The highest BCUT2D eigenvalue weighted by Crippen LogP contribution is 1.91. The van der Waals surface area contributed by atoms with Crippen LogP contribution in [0.25, 0.3) is 0 Å². The maximum absolute atomic E-state index is 11.6. The molecule has 0 radical (unpaired) electrons. The van der Waals surface area contributed by atoms with Crippen LogP contribution in [-0.4, -0.2) is 17.2 Å². The number of aliphatic carboxylic acids is 1. The molecule has 0 amide bonds. The van der Waals surface area contributed by atoms with Crippen LogP contribution in [0.4, 0.5) is 8.78 Å². The summed E-state index contributed by atoms with van der Waals surface area (Å²) < 4.78 is 22.5. The molecule has 1 atom stereocenters. The van der Waals surface area contributed by atoms with Gasteiger partial charge in [0.2, 0.25) is 6.17 Å². The number of rotatable bonds is 2. The van der Waals surface area contributed by atoms with Crippen LogP contribution in [-0.2, 0) is 4.79 Å². The van der Waals surface area contributed by atoms with Crippen molar-refractivity contribution in [2.75, 3.05) is 0 Å². The van der Waals surface area contributed by atoms with Gasteiger partial charge in [0, 0.05) is 0 Å². The van der Waals surface area contributed by atoms with Crippen molar-refractivity contribution in [3.05, 3.63) is 12.4 Å². The normalized spacial score (nSPS) is 14.2. The molecule has 0 aliphatic rings. The minimum Gasteiger partial charge on any atom is -0.479 e. The molecule has 0 aromatic heterocycles. The molecule has 0 spiro atoms. The first-order valence-electron chi connectivity index (χ1n) is 1.82. The van der Waals surface area contributed by atoms with Gasteiger partial charge in [0.25, 0.3) is 0 Å². The molecule has 0 rings (SSSR count). The lowest BCUT2D eigenvalue weighted by Gasteiger charge is -1.88. The van der Waals surface area contributed by atoms with Gasteiger partial charge in [-0.1, -0.05) is 0 Å². The summed E-state index contributed by atoms with van der Waals surface area (Å²) in [6.07, 6.45) is -2.05. The van der Waals surface area contributed by atoms with Crippen LogP contribution in [0, 0.1) is 0 Å². The van der Waals surface area contributed by atoms with Gasteiger partial charge in [0.15, 0.2) is 0 Å². The number of carboxylic acids is 1. The minimum absolute atomic E-state index is 0.140. The lowest BCUT2D eigenvalue weighted by molar-refractivity contribution is -0.140. The molecule has 0 bridgehead atoms. The summed E-state index contributed by atoms with van der Waals surface area (Å²) in [6.45, 7) is 0. The Bertz CT molecular complexity index is 111. The third-order valence-electron chi connectivity index (χ3n) is 0.478. The molecule has 0 saturated heterocycles. The van der Waals surface area contributed by atoms with Crippen LogP contribution in [0.1, 0.15) is 0 Å². The molecule has 0 saturated carbocycles. The minimum atomic E-state index is -2.22. The molecule has 4 heteroatoms. The number of carboxylic acid groups (broad SMARTS) is 1. The van der Waals surface area contributed by atoms with Crippen LogP contribution in [0.5, 0.6) is 0 Å². The van der Waals surface area contributed by atoms with Crippen molar-refractivity contribution in [3.8, 4) is 0 Å². The summed E-state index contributed by atoms with van der Waals surface area (Å²) in [7, 11) is 0. The summed E-state index contributed by atoms with van der Waals surface area (Å²) in [5.74, 6) is -1.68. The Hall–Kier alpha value is -0.930. The first-order chi connectivity index (χ1) is 3.68. The predicted molar refractivity (Wildman–Crippen MR) is 22.8 cm³/mol. The number of alkyl halides is 1. The van der Waals surface area contributed by atoms with Crippen LogP contribution in [0.2, 0.25) is 0 Å². The maximum Gasteiger partial charge on any atom is 0.342 e. The third kappa shape index (κ3) is 2.28. The van der Waals surface area contributed by atoms with Gasteiger partial charge in [-0.25, -0.2) is 13.6 Å². The Balaban J connectivity index is 3.64. The average Bonchev–Trinajstić information content (AvgIpc) is 1.67. The van der Waals surface area contributed by atoms with Crippen molar-refractivity contribution in [2.24, 2.45) is 0 Å². The Morgan fingerprint density at radius 1 is 1.75 bits per heavy atom. The van der Waals surface area contributed by atoms with Gasteiger partial charge in [-0.2, -0.15) is 0 Å². The second kappa shape index (κ2) is 3.12. The van der Waals surface area contributed by atoms with Crippen LogP contribution < -0.4 is 0 Å². The molecule has 0 aromatic carbocycles. The van der Waals surface area contributed by atoms with Crippen LogP contribution >= 0.6 is 0 Å². The fourth-order valence-corrected chi connectivity index (χ4v) is 0.146. The molecule has 0 heterocycles. The predicted octanol–water partition coefficient (Wildman–Crippen LogP) is 0.892. The van der Waals surface area contributed by atoms with Gasteiger partial charge in [0.05, 0.1) is 6.33 Å². The summed E-state index contributed by atoms with van der Waals surface area (Å²) in [5.41, 5.74) is 0. The van der Waals surface area contributed by atoms with E-state index < -0.39 is 12.1 Å². The Morgan fingerprint density at radius 3 is 2.38 bits per heavy atom. The highest BCUT2D eigenvalue weighted by Gasteiger charge is 2.09. The number of carbonyl (C=O) groups is 1. The van der Waals surface area contributed by atoms with Gasteiger partial charge >= 0.3 is 5.97 Å². The molecule has 0 aromatic rings. The van der Waals surface area contributed by atoms with E-state index in [0.717, 1.165) is 0 Å². The zero-order valence-corrected chi connectivity index (χ0v) is 3.84. The standard InChI is InChI=1S/C4H4F2O2/c5-2-1-3(6)4(7)8/h1-3H,(H,7,8). The molecular weight excluding hydrogens is 118 g/mol. The van der Waals surface area contributed by atoms with Gasteiger partial charge in [-0.3, -0.25) is 0 Å². The van der Waals surface area contributed by atoms with Crippen molar-refractivity contribution in [1.82, 2.24) is 0 Å².